The first-order chi connectivity index (χ1) is 12.8. The molecule has 1 atom stereocenters. The van der Waals surface area contributed by atoms with Crippen molar-refractivity contribution >= 4 is 5.91 Å². The van der Waals surface area contributed by atoms with E-state index in [-0.39, 0.29) is 6.61 Å². The van der Waals surface area contributed by atoms with Gasteiger partial charge in [-0.1, -0.05) is 91.0 Å². The third kappa shape index (κ3) is 4.57. The monoisotopic (exact) mass is 347 g/mol. The first kappa shape index (κ1) is 17.9. The van der Waals surface area contributed by atoms with Crippen molar-refractivity contribution in [2.45, 2.75) is 18.6 Å². The van der Waals surface area contributed by atoms with Crippen LogP contribution in [0.4, 0.5) is 0 Å². The number of hydroxylamine groups is 1. The molecule has 0 aliphatic rings. The normalized spacial score (nSPS) is 11.9. The maximum absolute atomic E-state index is 12.4. The minimum Gasteiger partial charge on any atom is -0.382 e. The zero-order chi connectivity index (χ0) is 18.2. The molecular formula is C22H21NO3. The molecule has 0 fully saturated rings. The molecule has 3 aromatic rings. The molecule has 0 aromatic heterocycles. The van der Waals surface area contributed by atoms with Gasteiger partial charge in [0.05, 0.1) is 6.61 Å². The third-order valence-electron chi connectivity index (χ3n) is 4.16. The van der Waals surface area contributed by atoms with Crippen LogP contribution in [0.15, 0.2) is 91.0 Å². The fourth-order valence-corrected chi connectivity index (χ4v) is 2.85. The van der Waals surface area contributed by atoms with Gasteiger partial charge < -0.3 is 5.11 Å². The Kier molecular flexibility index (Phi) is 6.14. The number of hydrogen-bond donors (Lipinski definition) is 2. The van der Waals surface area contributed by atoms with Crippen LogP contribution in [-0.2, 0) is 16.2 Å². The van der Waals surface area contributed by atoms with E-state index in [1.54, 1.807) is 0 Å². The number of carbonyl (C=O) groups excluding carboxylic acids is 1. The molecule has 0 saturated carbocycles. The Bertz CT molecular complexity index is 767. The predicted molar refractivity (Wildman–Crippen MR) is 100 cm³/mol. The molecule has 0 heterocycles. The fraction of sp³-hybridized carbons (Fsp3) is 0.136. The van der Waals surface area contributed by atoms with Crippen LogP contribution in [0.5, 0.6) is 0 Å². The summed E-state index contributed by atoms with van der Waals surface area (Å²) in [5.41, 5.74) is 5.03. The molecule has 1 amide bonds. The lowest BCUT2D eigenvalue weighted by atomic mass is 9.86. The largest absolute Gasteiger partial charge is 0.382 e. The molecule has 0 aliphatic carbocycles. The van der Waals surface area contributed by atoms with E-state index in [0.29, 0.717) is 0 Å². The van der Waals surface area contributed by atoms with Crippen LogP contribution < -0.4 is 5.48 Å². The Morgan fingerprint density at radius 3 is 1.77 bits per heavy atom. The van der Waals surface area contributed by atoms with Crippen LogP contribution in [0.1, 0.15) is 22.6 Å². The van der Waals surface area contributed by atoms with Crippen molar-refractivity contribution in [3.8, 4) is 0 Å². The van der Waals surface area contributed by atoms with Gasteiger partial charge in [-0.15, -0.1) is 0 Å². The molecule has 3 aromatic carbocycles. The van der Waals surface area contributed by atoms with Crippen molar-refractivity contribution < 1.29 is 14.7 Å². The molecule has 4 nitrogen and oxygen atoms in total. The molecule has 0 bridgehead atoms. The van der Waals surface area contributed by atoms with E-state index in [1.807, 2.05) is 91.0 Å². The van der Waals surface area contributed by atoms with Gasteiger partial charge in [0.25, 0.3) is 5.91 Å². The number of aliphatic hydroxyl groups is 1. The second-order valence-corrected chi connectivity index (χ2v) is 5.98. The number of aliphatic hydroxyl groups excluding tert-OH is 1. The average molecular weight is 347 g/mol. The molecule has 2 N–H and O–H groups in total. The van der Waals surface area contributed by atoms with Crippen molar-refractivity contribution in [3.63, 3.8) is 0 Å². The lowest BCUT2D eigenvalue weighted by molar-refractivity contribution is -0.144. The fourth-order valence-electron chi connectivity index (χ4n) is 2.85. The summed E-state index contributed by atoms with van der Waals surface area (Å²) in [6.45, 7) is 0.237. The standard InChI is InChI=1S/C22H21NO3/c24-21(22(25)23-26-16-17-10-4-1-5-11-17)20(18-12-6-2-7-13-18)19-14-8-3-9-15-19/h1-15,20-21,24H,16H2,(H,23,25). The summed E-state index contributed by atoms with van der Waals surface area (Å²) in [7, 11) is 0. The number of carbonyl (C=O) groups is 1. The van der Waals surface area contributed by atoms with Crippen LogP contribution >= 0.6 is 0 Å². The maximum atomic E-state index is 12.4. The summed E-state index contributed by atoms with van der Waals surface area (Å²) < 4.78 is 0. The minimum absolute atomic E-state index is 0.237. The average Bonchev–Trinajstić information content (AvgIpc) is 2.70. The molecule has 26 heavy (non-hydrogen) atoms. The Morgan fingerprint density at radius 2 is 1.27 bits per heavy atom. The maximum Gasteiger partial charge on any atom is 0.273 e. The van der Waals surface area contributed by atoms with E-state index in [2.05, 4.69) is 5.48 Å². The summed E-state index contributed by atoms with van der Waals surface area (Å²) >= 11 is 0. The molecule has 1 unspecified atom stereocenters. The van der Waals surface area contributed by atoms with Crippen LogP contribution in [0.25, 0.3) is 0 Å². The summed E-state index contributed by atoms with van der Waals surface area (Å²) in [5.74, 6) is -1.05. The quantitative estimate of drug-likeness (QED) is 0.644. The highest BCUT2D eigenvalue weighted by Crippen LogP contribution is 2.28. The summed E-state index contributed by atoms with van der Waals surface area (Å²) in [6, 6.07) is 28.5. The highest BCUT2D eigenvalue weighted by atomic mass is 16.7. The third-order valence-corrected chi connectivity index (χ3v) is 4.16. The molecule has 4 heteroatoms. The van der Waals surface area contributed by atoms with Crippen molar-refractivity contribution in [1.82, 2.24) is 5.48 Å². The molecule has 0 radical (unpaired) electrons. The highest BCUT2D eigenvalue weighted by Gasteiger charge is 2.29. The zero-order valence-corrected chi connectivity index (χ0v) is 14.3. The molecule has 132 valence electrons. The van der Waals surface area contributed by atoms with Gasteiger partial charge in [0, 0.05) is 5.92 Å². The molecule has 0 saturated heterocycles. The Balaban J connectivity index is 1.71. The first-order valence-electron chi connectivity index (χ1n) is 8.49. The van der Waals surface area contributed by atoms with Gasteiger partial charge in [0.2, 0.25) is 0 Å². The Labute approximate surface area is 153 Å². The van der Waals surface area contributed by atoms with E-state index < -0.39 is 17.9 Å². The number of nitrogens with one attached hydrogen (secondary N) is 1. The summed E-state index contributed by atoms with van der Waals surface area (Å²) in [4.78, 5) is 17.7. The van der Waals surface area contributed by atoms with E-state index in [0.717, 1.165) is 16.7 Å². The molecule has 0 aliphatic heterocycles. The zero-order valence-electron chi connectivity index (χ0n) is 14.3. The number of benzene rings is 3. The van der Waals surface area contributed by atoms with Crippen molar-refractivity contribution in [2.75, 3.05) is 0 Å². The van der Waals surface area contributed by atoms with Gasteiger partial charge in [0.15, 0.2) is 0 Å². The van der Waals surface area contributed by atoms with Gasteiger partial charge in [-0.3, -0.25) is 9.63 Å². The molecule has 0 spiro atoms. The summed E-state index contributed by atoms with van der Waals surface area (Å²) in [5, 5.41) is 10.7. The smallest absolute Gasteiger partial charge is 0.273 e. The van der Waals surface area contributed by atoms with Crippen molar-refractivity contribution in [1.29, 1.82) is 0 Å². The predicted octanol–water partition coefficient (Wildman–Crippen LogP) is 3.43. The highest BCUT2D eigenvalue weighted by molar-refractivity contribution is 5.81. The van der Waals surface area contributed by atoms with Gasteiger partial charge in [0.1, 0.15) is 6.10 Å². The topological polar surface area (TPSA) is 58.6 Å². The van der Waals surface area contributed by atoms with E-state index in [1.165, 1.54) is 0 Å². The second-order valence-electron chi connectivity index (χ2n) is 5.98. The van der Waals surface area contributed by atoms with Crippen LogP contribution in [-0.4, -0.2) is 17.1 Å². The van der Waals surface area contributed by atoms with Crippen molar-refractivity contribution in [3.05, 3.63) is 108 Å². The van der Waals surface area contributed by atoms with Gasteiger partial charge in [-0.05, 0) is 16.7 Å². The van der Waals surface area contributed by atoms with Crippen LogP contribution in [0.2, 0.25) is 0 Å². The Hall–Kier alpha value is -2.95. The minimum atomic E-state index is -1.27. The lowest BCUT2D eigenvalue weighted by Gasteiger charge is -2.23. The first-order valence-corrected chi connectivity index (χ1v) is 8.49. The number of hydrogen-bond acceptors (Lipinski definition) is 3. The molecule has 3 rings (SSSR count). The SMILES string of the molecule is O=C(NOCc1ccccc1)C(O)C(c1ccccc1)c1ccccc1. The van der Waals surface area contributed by atoms with Crippen LogP contribution in [0.3, 0.4) is 0 Å². The summed E-state index contributed by atoms with van der Waals surface area (Å²) in [6.07, 6.45) is -1.27. The molecular weight excluding hydrogens is 326 g/mol. The second kappa shape index (κ2) is 8.94. The van der Waals surface area contributed by atoms with E-state index in [4.69, 9.17) is 4.84 Å². The number of amides is 1. The Morgan fingerprint density at radius 1 is 0.808 bits per heavy atom. The number of rotatable bonds is 7. The lowest BCUT2D eigenvalue weighted by Crippen LogP contribution is -2.38. The van der Waals surface area contributed by atoms with Crippen molar-refractivity contribution in [2.24, 2.45) is 0 Å². The van der Waals surface area contributed by atoms with E-state index >= 15 is 0 Å². The van der Waals surface area contributed by atoms with E-state index in [9.17, 15) is 9.90 Å². The van der Waals surface area contributed by atoms with Gasteiger partial charge in [-0.25, -0.2) is 5.48 Å². The van der Waals surface area contributed by atoms with Gasteiger partial charge in [-0.2, -0.15) is 0 Å². The van der Waals surface area contributed by atoms with Gasteiger partial charge >= 0.3 is 0 Å². The van der Waals surface area contributed by atoms with Crippen LogP contribution in [0, 0.1) is 0 Å².